The SMILES string of the molecule is Cc1cnc(C(C)Nc2ccc(N)c(C#N)c2)s1. The van der Waals surface area contributed by atoms with E-state index in [0.29, 0.717) is 11.3 Å². The molecule has 0 fully saturated rings. The normalized spacial score (nSPS) is 11.8. The third kappa shape index (κ3) is 2.60. The number of aromatic nitrogens is 1. The number of nitrogens with two attached hydrogens (primary N) is 1. The zero-order chi connectivity index (χ0) is 13.1. The van der Waals surface area contributed by atoms with E-state index in [2.05, 4.69) is 16.4 Å². The number of aryl methyl sites for hydroxylation is 1. The Morgan fingerprint density at radius 1 is 1.50 bits per heavy atom. The topological polar surface area (TPSA) is 74.7 Å². The second-order valence-corrected chi connectivity index (χ2v) is 5.36. The Balaban J connectivity index is 2.17. The van der Waals surface area contributed by atoms with Gasteiger partial charge >= 0.3 is 0 Å². The minimum absolute atomic E-state index is 0.110. The molecule has 2 aromatic rings. The highest BCUT2D eigenvalue weighted by atomic mass is 32.1. The van der Waals surface area contributed by atoms with Crippen molar-refractivity contribution in [2.45, 2.75) is 19.9 Å². The van der Waals surface area contributed by atoms with Gasteiger partial charge in [0, 0.05) is 22.4 Å². The van der Waals surface area contributed by atoms with Gasteiger partial charge in [-0.25, -0.2) is 4.98 Å². The molecule has 0 bridgehead atoms. The highest BCUT2D eigenvalue weighted by molar-refractivity contribution is 7.11. The molecule has 0 aliphatic heterocycles. The highest BCUT2D eigenvalue weighted by Gasteiger charge is 2.10. The quantitative estimate of drug-likeness (QED) is 0.830. The standard InChI is InChI=1S/C13H14N4S/c1-8-7-16-13(18-8)9(2)17-11-3-4-12(15)10(5-11)6-14/h3-5,7,9,17H,15H2,1-2H3. The van der Waals surface area contributed by atoms with Crippen LogP contribution >= 0.6 is 11.3 Å². The summed E-state index contributed by atoms with van der Waals surface area (Å²) in [5.41, 5.74) is 7.55. The fourth-order valence-electron chi connectivity index (χ4n) is 1.63. The Morgan fingerprint density at radius 3 is 2.89 bits per heavy atom. The third-order valence-electron chi connectivity index (χ3n) is 2.57. The molecule has 0 amide bonds. The van der Waals surface area contributed by atoms with Crippen LogP contribution in [0.2, 0.25) is 0 Å². The summed E-state index contributed by atoms with van der Waals surface area (Å²) in [7, 11) is 0. The van der Waals surface area contributed by atoms with E-state index < -0.39 is 0 Å². The maximum atomic E-state index is 8.93. The van der Waals surface area contributed by atoms with E-state index in [4.69, 9.17) is 11.0 Å². The number of benzene rings is 1. The second-order valence-electron chi connectivity index (χ2n) is 4.09. The molecule has 0 saturated heterocycles. The third-order valence-corrected chi connectivity index (χ3v) is 3.66. The number of nitrogens with zero attached hydrogens (tertiary/aromatic N) is 2. The van der Waals surface area contributed by atoms with Crippen molar-refractivity contribution in [2.24, 2.45) is 0 Å². The maximum absolute atomic E-state index is 8.93. The van der Waals surface area contributed by atoms with Crippen LogP contribution in [0, 0.1) is 18.3 Å². The van der Waals surface area contributed by atoms with Crippen molar-refractivity contribution >= 4 is 22.7 Å². The molecule has 0 spiro atoms. The molecular weight excluding hydrogens is 244 g/mol. The summed E-state index contributed by atoms with van der Waals surface area (Å²) in [6.07, 6.45) is 1.86. The molecule has 1 heterocycles. The zero-order valence-corrected chi connectivity index (χ0v) is 11.1. The largest absolute Gasteiger partial charge is 0.398 e. The number of thiazole rings is 1. The lowest BCUT2D eigenvalue weighted by Gasteiger charge is -2.13. The van der Waals surface area contributed by atoms with Crippen LogP contribution in [0.5, 0.6) is 0 Å². The maximum Gasteiger partial charge on any atom is 0.115 e. The van der Waals surface area contributed by atoms with Gasteiger partial charge in [-0.05, 0) is 32.0 Å². The van der Waals surface area contributed by atoms with Crippen LogP contribution in [0.15, 0.2) is 24.4 Å². The van der Waals surface area contributed by atoms with Crippen LogP contribution in [0.1, 0.15) is 28.4 Å². The molecule has 2 rings (SSSR count). The monoisotopic (exact) mass is 258 g/mol. The van der Waals surface area contributed by atoms with Crippen molar-refractivity contribution in [3.8, 4) is 6.07 Å². The van der Waals surface area contributed by atoms with E-state index in [0.717, 1.165) is 10.7 Å². The van der Waals surface area contributed by atoms with Gasteiger partial charge < -0.3 is 11.1 Å². The number of hydrogen-bond donors (Lipinski definition) is 2. The predicted octanol–water partition coefficient (Wildman–Crippen LogP) is 3.08. The van der Waals surface area contributed by atoms with Gasteiger partial charge in [0.15, 0.2) is 0 Å². The van der Waals surface area contributed by atoms with Gasteiger partial charge in [-0.15, -0.1) is 11.3 Å². The van der Waals surface area contributed by atoms with E-state index in [1.807, 2.05) is 26.1 Å². The van der Waals surface area contributed by atoms with Crippen LogP contribution in [0.25, 0.3) is 0 Å². The first kappa shape index (κ1) is 12.4. The second kappa shape index (κ2) is 5.07. The first-order valence-corrected chi connectivity index (χ1v) is 6.40. The highest BCUT2D eigenvalue weighted by Crippen LogP contribution is 2.24. The van der Waals surface area contributed by atoms with Crippen LogP contribution in [0.4, 0.5) is 11.4 Å². The van der Waals surface area contributed by atoms with E-state index >= 15 is 0 Å². The van der Waals surface area contributed by atoms with Gasteiger partial charge in [-0.1, -0.05) is 0 Å². The van der Waals surface area contributed by atoms with Gasteiger partial charge in [0.05, 0.1) is 11.6 Å². The Labute approximate surface area is 110 Å². The summed E-state index contributed by atoms with van der Waals surface area (Å²) in [5, 5.41) is 13.3. The lowest BCUT2D eigenvalue weighted by Crippen LogP contribution is -2.06. The summed E-state index contributed by atoms with van der Waals surface area (Å²) in [4.78, 5) is 5.53. The lowest BCUT2D eigenvalue weighted by atomic mass is 10.1. The minimum Gasteiger partial charge on any atom is -0.398 e. The summed E-state index contributed by atoms with van der Waals surface area (Å²) < 4.78 is 0. The fraction of sp³-hybridized carbons (Fsp3) is 0.231. The average molecular weight is 258 g/mol. The molecule has 0 radical (unpaired) electrons. The molecule has 1 atom stereocenters. The van der Waals surface area contributed by atoms with Gasteiger partial charge in [-0.3, -0.25) is 0 Å². The molecule has 0 saturated carbocycles. The average Bonchev–Trinajstić information content (AvgIpc) is 2.78. The molecule has 1 unspecified atom stereocenters. The number of rotatable bonds is 3. The summed E-state index contributed by atoms with van der Waals surface area (Å²) in [6.45, 7) is 4.07. The molecule has 0 aliphatic rings. The Bertz CT molecular complexity index is 597. The van der Waals surface area contributed by atoms with Gasteiger partial charge in [0.1, 0.15) is 11.1 Å². The van der Waals surface area contributed by atoms with Gasteiger partial charge in [0.2, 0.25) is 0 Å². The summed E-state index contributed by atoms with van der Waals surface area (Å²) >= 11 is 1.66. The van der Waals surface area contributed by atoms with Crippen molar-refractivity contribution in [1.82, 2.24) is 4.98 Å². The molecule has 5 heteroatoms. The Kier molecular flexibility index (Phi) is 3.49. The van der Waals surface area contributed by atoms with Crippen molar-refractivity contribution in [3.63, 3.8) is 0 Å². The van der Waals surface area contributed by atoms with E-state index in [9.17, 15) is 0 Å². The van der Waals surface area contributed by atoms with Crippen molar-refractivity contribution < 1.29 is 0 Å². The molecule has 18 heavy (non-hydrogen) atoms. The smallest absolute Gasteiger partial charge is 0.115 e. The van der Waals surface area contributed by atoms with E-state index in [-0.39, 0.29) is 6.04 Å². The molecule has 1 aromatic heterocycles. The Hall–Kier alpha value is -2.06. The predicted molar refractivity (Wildman–Crippen MR) is 74.5 cm³/mol. The van der Waals surface area contributed by atoms with Crippen LogP contribution in [0.3, 0.4) is 0 Å². The van der Waals surface area contributed by atoms with Crippen LogP contribution in [-0.4, -0.2) is 4.98 Å². The van der Waals surface area contributed by atoms with E-state index in [1.54, 1.807) is 23.5 Å². The van der Waals surface area contributed by atoms with Crippen molar-refractivity contribution in [1.29, 1.82) is 5.26 Å². The van der Waals surface area contributed by atoms with Crippen molar-refractivity contribution in [3.05, 3.63) is 39.8 Å². The van der Waals surface area contributed by atoms with Crippen LogP contribution < -0.4 is 11.1 Å². The first-order chi connectivity index (χ1) is 8.60. The number of nitrogen functional groups attached to an aromatic ring is 1. The summed E-state index contributed by atoms with van der Waals surface area (Å²) in [5.74, 6) is 0. The number of nitriles is 1. The molecule has 3 N–H and O–H groups in total. The molecule has 92 valence electrons. The van der Waals surface area contributed by atoms with Gasteiger partial charge in [0.25, 0.3) is 0 Å². The fourth-order valence-corrected chi connectivity index (χ4v) is 2.40. The van der Waals surface area contributed by atoms with Gasteiger partial charge in [-0.2, -0.15) is 5.26 Å². The van der Waals surface area contributed by atoms with E-state index in [1.165, 1.54) is 4.88 Å². The summed E-state index contributed by atoms with van der Waals surface area (Å²) in [6, 6.07) is 7.55. The minimum atomic E-state index is 0.110. The van der Waals surface area contributed by atoms with Crippen molar-refractivity contribution in [2.75, 3.05) is 11.1 Å². The first-order valence-electron chi connectivity index (χ1n) is 5.58. The molecule has 1 aromatic carbocycles. The lowest BCUT2D eigenvalue weighted by molar-refractivity contribution is 0.869. The zero-order valence-electron chi connectivity index (χ0n) is 10.3. The molecular formula is C13H14N4S. The number of anilines is 2. The molecule has 4 nitrogen and oxygen atoms in total. The Morgan fingerprint density at radius 2 is 2.28 bits per heavy atom. The number of hydrogen-bond acceptors (Lipinski definition) is 5. The van der Waals surface area contributed by atoms with Crippen LogP contribution in [-0.2, 0) is 0 Å². The molecule has 0 aliphatic carbocycles. The number of nitrogens with one attached hydrogen (secondary N) is 1.